The highest BCUT2D eigenvalue weighted by molar-refractivity contribution is 6.07. The van der Waals surface area contributed by atoms with Crippen LogP contribution in [0.5, 0.6) is 5.75 Å². The molecule has 15 rings (SSSR count). The Labute approximate surface area is 456 Å². The van der Waals surface area contributed by atoms with Crippen molar-refractivity contribution in [3.05, 3.63) is 165 Å². The maximum absolute atomic E-state index is 15.3. The van der Waals surface area contributed by atoms with Gasteiger partial charge in [0.25, 0.3) is 0 Å². The summed E-state index contributed by atoms with van der Waals surface area (Å²) in [5, 5.41) is 26.5. The number of phenols is 1. The van der Waals surface area contributed by atoms with Crippen LogP contribution in [-0.2, 0) is 51.4 Å². The van der Waals surface area contributed by atoms with Crippen molar-refractivity contribution in [1.29, 1.82) is 0 Å². The average molecular weight is 1030 g/mol. The van der Waals surface area contributed by atoms with E-state index in [4.69, 9.17) is 9.47 Å². The largest absolute Gasteiger partial charge is 0.508 e. The van der Waals surface area contributed by atoms with Crippen LogP contribution >= 0.6 is 0 Å². The summed E-state index contributed by atoms with van der Waals surface area (Å²) in [6.07, 6.45) is 19.9. The summed E-state index contributed by atoms with van der Waals surface area (Å²) in [5.74, 6) is 3.38. The lowest BCUT2D eigenvalue weighted by atomic mass is 9.44. The lowest BCUT2D eigenvalue weighted by molar-refractivity contribution is -0.135. The number of piperidine rings is 1. The second-order valence-electron chi connectivity index (χ2n) is 24.9. The zero-order valence-corrected chi connectivity index (χ0v) is 45.7. The van der Waals surface area contributed by atoms with Crippen molar-refractivity contribution in [3.63, 3.8) is 0 Å². The SMILES string of the molecule is CCCNCc1cc2cc(c1)C[C@H]1CC[C@@]3(CC=C4OC(=O)C5=C4CC[C@H]4[C@H]6CC[C@]7(C(=C6c6cc(O)ccc6-c6cccc(c6)CNCC2)C(=O)O/C7=C\[C@H](CC)Cc2ccccc2)[C@@H]54)[C@@H]2C[C@@H](NC)NC[C@H]2CC[C@@H]13. The number of ether oxygens (including phenoxy) is 2. The molecule has 5 N–H and O–H groups in total. The van der Waals surface area contributed by atoms with E-state index in [9.17, 15) is 5.11 Å². The number of cyclic esters (lactones) is 1. The number of rotatable bonds is 9. The fourth-order valence-corrected chi connectivity index (χ4v) is 17.7. The summed E-state index contributed by atoms with van der Waals surface area (Å²) in [6, 6.07) is 32.6. The topological polar surface area (TPSA) is 121 Å². The van der Waals surface area contributed by atoms with Crippen molar-refractivity contribution in [2.45, 2.75) is 129 Å². The minimum atomic E-state index is -0.856. The van der Waals surface area contributed by atoms with Crippen LogP contribution in [0.25, 0.3) is 16.7 Å². The van der Waals surface area contributed by atoms with Crippen LogP contribution in [0.4, 0.5) is 0 Å². The molecular weight excluding hydrogens is 953 g/mol. The molecule has 5 fully saturated rings. The number of carbonyl (C=O) groups is 2. The monoisotopic (exact) mass is 1030 g/mol. The third-order valence-corrected chi connectivity index (χ3v) is 21.0. The Morgan fingerprint density at radius 1 is 0.805 bits per heavy atom. The van der Waals surface area contributed by atoms with Gasteiger partial charge < -0.3 is 35.8 Å². The number of nitrogens with one attached hydrogen (secondary N) is 4. The van der Waals surface area contributed by atoms with Gasteiger partial charge in [-0.05, 0) is 250 Å². The summed E-state index contributed by atoms with van der Waals surface area (Å²) >= 11 is 0. The molecule has 11 atom stereocenters. The van der Waals surface area contributed by atoms with E-state index in [1.165, 1.54) is 53.5 Å². The highest BCUT2D eigenvalue weighted by Gasteiger charge is 2.69. The highest BCUT2D eigenvalue weighted by Crippen LogP contribution is 2.72. The standard InChI is InChI=1S/C68H80N4O5/c1-4-27-70-39-46-31-43-23-28-71-38-44-12-9-13-47(33-44)51-16-15-50(73)36-55(51)61-52-21-26-68(59(77-66(75)64(61)68)35-41(5-2)29-42-10-7-6-8-11-42)63-53(52)17-18-54-58(76-65(74)62(54)63)22-25-67-24-20-48(34-45(30-43)32-46)56(67)19-14-49-40-72-60(69-3)37-57(49)67/h6-13,15-16,22,30-33,35-36,41,48-49,52-53,56-57,60,63,69-73H,4-5,14,17-21,23-29,34,37-40H2,1-3H3/b58-22?,59-35-/t41-,48-,49-,52-,53+,56+,57-,60+,63-,67+,68-/m1/s1. The lowest BCUT2D eigenvalue weighted by Crippen LogP contribution is -2.57. The molecule has 0 amide bonds. The molecule has 4 aromatic rings. The molecule has 9 nitrogen and oxygen atoms in total. The molecule has 5 heterocycles. The van der Waals surface area contributed by atoms with Crippen molar-refractivity contribution in [1.82, 2.24) is 21.3 Å². The number of allylic oxidation sites excluding steroid dienone is 5. The van der Waals surface area contributed by atoms with Gasteiger partial charge in [-0.3, -0.25) is 0 Å². The molecule has 4 aromatic carbocycles. The molecule has 1 spiro atoms. The normalized spacial score (nSPS) is 32.2. The van der Waals surface area contributed by atoms with Gasteiger partial charge in [0.2, 0.25) is 0 Å². The van der Waals surface area contributed by atoms with E-state index >= 15 is 9.59 Å². The molecule has 6 aliphatic carbocycles. The Kier molecular flexibility index (Phi) is 13.8. The van der Waals surface area contributed by atoms with Crippen molar-refractivity contribution < 1.29 is 24.2 Å². The molecule has 0 unspecified atom stereocenters. The zero-order valence-electron chi connectivity index (χ0n) is 45.7. The van der Waals surface area contributed by atoms with Crippen LogP contribution in [0, 0.1) is 58.2 Å². The third-order valence-electron chi connectivity index (χ3n) is 21.0. The van der Waals surface area contributed by atoms with Crippen molar-refractivity contribution in [3.8, 4) is 16.9 Å². The first-order chi connectivity index (χ1) is 37.7. The van der Waals surface area contributed by atoms with E-state index in [-0.39, 0.29) is 52.9 Å². The Hall–Kier alpha value is -5.58. The number of carbonyl (C=O) groups excluding carboxylic acids is 2. The molecule has 0 aromatic heterocycles. The van der Waals surface area contributed by atoms with Crippen molar-refractivity contribution in [2.24, 2.45) is 58.2 Å². The summed E-state index contributed by atoms with van der Waals surface area (Å²) in [4.78, 5) is 30.5. The molecule has 11 aliphatic rings. The Morgan fingerprint density at radius 2 is 1.69 bits per heavy atom. The van der Waals surface area contributed by atoms with E-state index in [1.54, 1.807) is 6.07 Å². The second kappa shape index (κ2) is 20.9. The lowest BCUT2D eigenvalue weighted by Gasteiger charge is -2.56. The maximum atomic E-state index is 15.3. The van der Waals surface area contributed by atoms with E-state index in [2.05, 4.69) is 127 Å². The summed E-state index contributed by atoms with van der Waals surface area (Å²) < 4.78 is 13.5. The van der Waals surface area contributed by atoms with Crippen LogP contribution in [0.3, 0.4) is 0 Å². The fraction of sp³-hybridized carbons (Fsp3) is 0.500. The van der Waals surface area contributed by atoms with Gasteiger partial charge in [-0.15, -0.1) is 0 Å². The first kappa shape index (κ1) is 50.9. The molecule has 3 saturated carbocycles. The van der Waals surface area contributed by atoms with Gasteiger partial charge in [0.1, 0.15) is 17.3 Å². The van der Waals surface area contributed by atoms with E-state index < -0.39 is 5.41 Å². The molecular formula is C68H80N4O5. The number of phenolic OH excluding ortho intramolecular Hbond substituents is 1. The summed E-state index contributed by atoms with van der Waals surface area (Å²) in [7, 11) is 2.10. The minimum Gasteiger partial charge on any atom is -0.508 e. The van der Waals surface area contributed by atoms with E-state index in [0.29, 0.717) is 41.4 Å². The van der Waals surface area contributed by atoms with Crippen LogP contribution in [-0.4, -0.2) is 49.9 Å². The second-order valence-corrected chi connectivity index (χ2v) is 24.9. The first-order valence-electron chi connectivity index (χ1n) is 29.9. The quantitative estimate of drug-likeness (QED) is 0.0824. The molecule has 14 bridgehead atoms. The van der Waals surface area contributed by atoms with Gasteiger partial charge in [-0.1, -0.05) is 86.6 Å². The number of esters is 2. The minimum absolute atomic E-state index is 0.0140. The van der Waals surface area contributed by atoms with Crippen molar-refractivity contribution >= 4 is 17.5 Å². The van der Waals surface area contributed by atoms with Crippen LogP contribution in [0.2, 0.25) is 0 Å². The smallest absolute Gasteiger partial charge is 0.340 e. The molecule has 5 aliphatic heterocycles. The van der Waals surface area contributed by atoms with Crippen LogP contribution < -0.4 is 21.3 Å². The number of aromatic hydroxyl groups is 1. The fourth-order valence-electron chi connectivity index (χ4n) is 17.7. The average Bonchev–Trinajstić information content (AvgIpc) is 4.04. The molecule has 9 heteroatoms. The Balaban J connectivity index is 0.972. The van der Waals surface area contributed by atoms with Crippen molar-refractivity contribution in [2.75, 3.05) is 26.7 Å². The number of fused-ring (bicyclic) bond motifs is 6. The predicted molar refractivity (Wildman–Crippen MR) is 304 cm³/mol. The number of benzene rings is 4. The van der Waals surface area contributed by atoms with E-state index in [1.807, 2.05) is 12.1 Å². The van der Waals surface area contributed by atoms with Gasteiger partial charge in [-0.2, -0.15) is 0 Å². The molecule has 2 saturated heterocycles. The van der Waals surface area contributed by atoms with Gasteiger partial charge in [0.05, 0.1) is 17.2 Å². The van der Waals surface area contributed by atoms with E-state index in [0.717, 1.165) is 136 Å². The summed E-state index contributed by atoms with van der Waals surface area (Å²) in [5.41, 5.74) is 12.4. The molecule has 77 heavy (non-hydrogen) atoms. The number of hydrogen-bond donors (Lipinski definition) is 5. The zero-order chi connectivity index (χ0) is 52.4. The van der Waals surface area contributed by atoms with Crippen LogP contribution in [0.1, 0.15) is 124 Å². The Bertz CT molecular complexity index is 3080. The van der Waals surface area contributed by atoms with Gasteiger partial charge in [0, 0.05) is 30.2 Å². The molecule has 0 radical (unpaired) electrons. The van der Waals surface area contributed by atoms with Gasteiger partial charge in [-0.25, -0.2) is 9.59 Å². The summed E-state index contributed by atoms with van der Waals surface area (Å²) in [6.45, 7) is 8.97. The predicted octanol–water partition coefficient (Wildman–Crippen LogP) is 12.1. The van der Waals surface area contributed by atoms with Gasteiger partial charge in [0.15, 0.2) is 0 Å². The van der Waals surface area contributed by atoms with Gasteiger partial charge >= 0.3 is 11.9 Å². The van der Waals surface area contributed by atoms with Crippen LogP contribution in [0.15, 0.2) is 131 Å². The molecule has 402 valence electrons. The maximum Gasteiger partial charge on any atom is 0.340 e. The third kappa shape index (κ3) is 8.90. The Morgan fingerprint density at radius 3 is 2.55 bits per heavy atom. The number of hydrogen-bond acceptors (Lipinski definition) is 9. The highest BCUT2D eigenvalue weighted by atomic mass is 16.5. The first-order valence-corrected chi connectivity index (χ1v) is 29.9.